The fourth-order valence-electron chi connectivity index (χ4n) is 2.85. The Bertz CT molecular complexity index is 488. The normalized spacial score (nSPS) is 19.5. The molecular formula is C21H40N6OS. The van der Waals surface area contributed by atoms with Gasteiger partial charge in [-0.1, -0.05) is 30.3 Å². The van der Waals surface area contributed by atoms with E-state index in [1.165, 1.54) is 56.7 Å². The summed E-state index contributed by atoms with van der Waals surface area (Å²) in [6.45, 7) is 12.9. The number of piperazine rings is 1. The number of hydrogen-bond acceptors (Lipinski definition) is 7. The number of likely N-dealkylation sites (N-methyl/N-ethyl adjacent to an activating group) is 1. The number of nitrogens with two attached hydrogens (primary N) is 1. The molecule has 7 nitrogen and oxygen atoms in total. The van der Waals surface area contributed by atoms with Crippen LogP contribution in [0.3, 0.4) is 0 Å². The van der Waals surface area contributed by atoms with E-state index in [1.807, 2.05) is 11.8 Å². The van der Waals surface area contributed by atoms with Crippen molar-refractivity contribution in [1.82, 2.24) is 25.8 Å². The molecule has 8 heteroatoms. The summed E-state index contributed by atoms with van der Waals surface area (Å²) in [7, 11) is 2.11. The zero-order valence-electron chi connectivity index (χ0n) is 18.2. The van der Waals surface area contributed by atoms with E-state index in [0.717, 1.165) is 32.8 Å². The first kappa shape index (κ1) is 25.9. The van der Waals surface area contributed by atoms with Crippen LogP contribution >= 0.6 is 11.8 Å². The molecule has 3 aliphatic heterocycles. The zero-order valence-corrected chi connectivity index (χ0v) is 19.0. The third-order valence-electron chi connectivity index (χ3n) is 4.36. The molecule has 0 radical (unpaired) electrons. The first-order valence-electron chi connectivity index (χ1n) is 10.5. The zero-order chi connectivity index (χ0) is 21.2. The van der Waals surface area contributed by atoms with Gasteiger partial charge in [0.25, 0.3) is 0 Å². The van der Waals surface area contributed by atoms with Crippen LogP contribution in [0.1, 0.15) is 12.5 Å². The molecule has 4 rings (SSSR count). The van der Waals surface area contributed by atoms with Crippen molar-refractivity contribution < 1.29 is 4.79 Å². The number of primary amides is 1. The number of carbonyl (C=O) groups is 1. The van der Waals surface area contributed by atoms with Gasteiger partial charge in [0.1, 0.15) is 0 Å². The van der Waals surface area contributed by atoms with E-state index in [9.17, 15) is 4.79 Å². The second kappa shape index (κ2) is 17.7. The second-order valence-corrected chi connectivity index (χ2v) is 8.45. The first-order valence-corrected chi connectivity index (χ1v) is 11.6. The highest BCUT2D eigenvalue weighted by Gasteiger charge is 2.08. The summed E-state index contributed by atoms with van der Waals surface area (Å²) in [5.74, 6) is 2.28. The Labute approximate surface area is 181 Å². The molecule has 0 atom stereocenters. The molecule has 5 N–H and O–H groups in total. The molecule has 3 fully saturated rings. The summed E-state index contributed by atoms with van der Waals surface area (Å²) in [6.07, 6.45) is 0. The van der Waals surface area contributed by atoms with E-state index >= 15 is 0 Å². The predicted octanol–water partition coefficient (Wildman–Crippen LogP) is 0.385. The lowest BCUT2D eigenvalue weighted by Crippen LogP contribution is -2.42. The SMILES string of the molecule is C1CSCCN1.CC(N)=O.CN1CCNC1.c1ccc(CN2CCNCC2)cc1. The third-order valence-corrected chi connectivity index (χ3v) is 5.34. The minimum Gasteiger partial charge on any atom is -0.370 e. The van der Waals surface area contributed by atoms with E-state index in [0.29, 0.717) is 0 Å². The van der Waals surface area contributed by atoms with Crippen LogP contribution in [0.25, 0.3) is 0 Å². The van der Waals surface area contributed by atoms with Crippen LogP contribution in [0.5, 0.6) is 0 Å². The number of rotatable bonds is 2. The highest BCUT2D eigenvalue weighted by Crippen LogP contribution is 2.04. The van der Waals surface area contributed by atoms with Gasteiger partial charge < -0.3 is 21.7 Å². The lowest BCUT2D eigenvalue weighted by Gasteiger charge is -2.27. The highest BCUT2D eigenvalue weighted by atomic mass is 32.2. The number of amides is 1. The fourth-order valence-corrected chi connectivity index (χ4v) is 3.63. The highest BCUT2D eigenvalue weighted by molar-refractivity contribution is 7.99. The topological polar surface area (TPSA) is 85.7 Å². The summed E-state index contributed by atoms with van der Waals surface area (Å²) in [4.78, 5) is 14.0. The summed E-state index contributed by atoms with van der Waals surface area (Å²) in [5.41, 5.74) is 5.89. The molecule has 3 heterocycles. The van der Waals surface area contributed by atoms with Crippen molar-refractivity contribution in [3.63, 3.8) is 0 Å². The van der Waals surface area contributed by atoms with Crippen molar-refractivity contribution in [2.75, 3.05) is 77.6 Å². The van der Waals surface area contributed by atoms with Crippen LogP contribution in [-0.2, 0) is 11.3 Å². The molecule has 1 aromatic carbocycles. The molecule has 0 aromatic heterocycles. The van der Waals surface area contributed by atoms with Crippen LogP contribution < -0.4 is 21.7 Å². The number of carbonyl (C=O) groups excluding carboxylic acids is 1. The smallest absolute Gasteiger partial charge is 0.214 e. The Morgan fingerprint density at radius 2 is 1.52 bits per heavy atom. The monoisotopic (exact) mass is 424 g/mol. The van der Waals surface area contributed by atoms with Crippen molar-refractivity contribution in [2.24, 2.45) is 5.73 Å². The fraction of sp³-hybridized carbons (Fsp3) is 0.667. The molecule has 0 bridgehead atoms. The molecule has 1 aromatic rings. The minimum absolute atomic E-state index is 0.333. The van der Waals surface area contributed by atoms with Gasteiger partial charge in [0.2, 0.25) is 5.91 Å². The van der Waals surface area contributed by atoms with Crippen LogP contribution in [0.15, 0.2) is 30.3 Å². The molecule has 3 aliphatic rings. The Morgan fingerprint density at radius 3 is 1.90 bits per heavy atom. The molecule has 0 unspecified atom stereocenters. The van der Waals surface area contributed by atoms with E-state index in [-0.39, 0.29) is 5.91 Å². The van der Waals surface area contributed by atoms with Crippen LogP contribution in [0.4, 0.5) is 0 Å². The van der Waals surface area contributed by atoms with E-state index in [1.54, 1.807) is 0 Å². The van der Waals surface area contributed by atoms with Gasteiger partial charge in [-0.25, -0.2) is 0 Å². The van der Waals surface area contributed by atoms with Crippen molar-refractivity contribution in [3.05, 3.63) is 35.9 Å². The van der Waals surface area contributed by atoms with Crippen LogP contribution in [0, 0.1) is 0 Å². The van der Waals surface area contributed by atoms with Crippen molar-refractivity contribution in [2.45, 2.75) is 13.5 Å². The standard InChI is InChI=1S/C11H16N2.C4H10N2.C4H9NS.C2H5NO/c1-2-4-11(5-3-1)10-13-8-6-12-7-9-13;1-6-3-2-5-4-6;1-3-6-4-2-5-1;1-2(3)4/h1-5,12H,6-10H2;5H,2-4H2,1H3;5H,1-4H2;1H3,(H2,3,4). The second-order valence-electron chi connectivity index (χ2n) is 7.22. The largest absolute Gasteiger partial charge is 0.370 e. The van der Waals surface area contributed by atoms with Gasteiger partial charge in [-0.2, -0.15) is 11.8 Å². The molecule has 29 heavy (non-hydrogen) atoms. The summed E-state index contributed by atoms with van der Waals surface area (Å²) in [6, 6.07) is 10.7. The molecule has 1 amide bonds. The quantitative estimate of drug-likeness (QED) is 0.546. The number of nitrogens with one attached hydrogen (secondary N) is 3. The van der Waals surface area contributed by atoms with E-state index in [2.05, 4.69) is 68.9 Å². The van der Waals surface area contributed by atoms with E-state index < -0.39 is 0 Å². The number of hydrogen-bond donors (Lipinski definition) is 4. The van der Waals surface area contributed by atoms with Gasteiger partial charge in [0.05, 0.1) is 0 Å². The lowest BCUT2D eigenvalue weighted by molar-refractivity contribution is -0.115. The van der Waals surface area contributed by atoms with Gasteiger partial charge in [-0.15, -0.1) is 0 Å². The minimum atomic E-state index is -0.333. The molecule has 0 aliphatic carbocycles. The lowest BCUT2D eigenvalue weighted by atomic mass is 10.2. The average molecular weight is 425 g/mol. The maximum Gasteiger partial charge on any atom is 0.214 e. The van der Waals surface area contributed by atoms with E-state index in [4.69, 9.17) is 0 Å². The molecule has 3 saturated heterocycles. The van der Waals surface area contributed by atoms with Crippen molar-refractivity contribution in [1.29, 1.82) is 0 Å². The molecular weight excluding hydrogens is 384 g/mol. The van der Waals surface area contributed by atoms with Crippen LogP contribution in [0.2, 0.25) is 0 Å². The van der Waals surface area contributed by atoms with Crippen molar-refractivity contribution >= 4 is 17.7 Å². The predicted molar refractivity (Wildman–Crippen MR) is 125 cm³/mol. The Balaban J connectivity index is 0.000000220. The Kier molecular flexibility index (Phi) is 15.8. The summed E-state index contributed by atoms with van der Waals surface area (Å²) in [5, 5.41) is 9.82. The molecule has 0 spiro atoms. The number of benzene rings is 1. The van der Waals surface area contributed by atoms with Gasteiger partial charge in [0, 0.05) is 84.0 Å². The Morgan fingerprint density at radius 1 is 0.966 bits per heavy atom. The molecule has 0 saturated carbocycles. The average Bonchev–Trinajstić information content (AvgIpc) is 3.22. The number of thioether (sulfide) groups is 1. The third kappa shape index (κ3) is 16.3. The summed E-state index contributed by atoms with van der Waals surface area (Å²) < 4.78 is 0. The van der Waals surface area contributed by atoms with Gasteiger partial charge in [-0.3, -0.25) is 14.6 Å². The van der Waals surface area contributed by atoms with Crippen molar-refractivity contribution in [3.8, 4) is 0 Å². The van der Waals surface area contributed by atoms with Gasteiger partial charge in [-0.05, 0) is 12.6 Å². The van der Waals surface area contributed by atoms with Crippen LogP contribution in [-0.4, -0.2) is 93.3 Å². The summed E-state index contributed by atoms with van der Waals surface area (Å²) >= 11 is 2.03. The van der Waals surface area contributed by atoms with Gasteiger partial charge >= 0.3 is 0 Å². The Hall–Kier alpha value is -1.16. The number of nitrogens with zero attached hydrogens (tertiary/aromatic N) is 2. The maximum absolute atomic E-state index is 9.22. The molecule has 166 valence electrons. The maximum atomic E-state index is 9.22. The first-order chi connectivity index (χ1) is 14.1. The van der Waals surface area contributed by atoms with Gasteiger partial charge in [0.15, 0.2) is 0 Å².